The molecule has 5 heteroatoms. The van der Waals surface area contributed by atoms with Crippen LogP contribution in [0.4, 0.5) is 0 Å². The molecule has 0 spiro atoms. The number of carbonyl (C=O) groups is 1. The van der Waals surface area contributed by atoms with Crippen molar-refractivity contribution in [2.24, 2.45) is 0 Å². The minimum atomic E-state index is -0.0609. The zero-order valence-electron chi connectivity index (χ0n) is 11.3. The fourth-order valence-electron chi connectivity index (χ4n) is 2.61. The normalized spacial score (nSPS) is 18.7. The number of amides is 1. The van der Waals surface area contributed by atoms with E-state index in [0.29, 0.717) is 12.6 Å². The van der Waals surface area contributed by atoms with Crippen LogP contribution in [0.1, 0.15) is 18.4 Å². The summed E-state index contributed by atoms with van der Waals surface area (Å²) in [7, 11) is 0. The third kappa shape index (κ3) is 4.32. The zero-order valence-corrected chi connectivity index (χ0v) is 12.9. The van der Waals surface area contributed by atoms with Gasteiger partial charge in [0.25, 0.3) is 0 Å². The molecule has 4 nitrogen and oxygen atoms in total. The zero-order chi connectivity index (χ0) is 14.4. The maximum atomic E-state index is 11.7. The topological polar surface area (TPSA) is 56.1 Å². The summed E-state index contributed by atoms with van der Waals surface area (Å²) in [5, 5.41) is 11.1. The molecule has 0 bridgehead atoms. The highest BCUT2D eigenvalue weighted by atomic mass is 79.9. The number of hydrogen-bond acceptors (Lipinski definition) is 3. The van der Waals surface area contributed by atoms with Crippen LogP contribution in [0.2, 0.25) is 0 Å². The SMILES string of the molecule is N#CCNC(=O)CN1CCC[C@@H]1Cc1ccc(Br)cc1. The first kappa shape index (κ1) is 15.0. The van der Waals surface area contributed by atoms with Gasteiger partial charge in [0.15, 0.2) is 0 Å². The lowest BCUT2D eigenvalue weighted by atomic mass is 10.0. The summed E-state index contributed by atoms with van der Waals surface area (Å²) in [5.41, 5.74) is 1.29. The van der Waals surface area contributed by atoms with Gasteiger partial charge in [-0.2, -0.15) is 5.26 Å². The minimum Gasteiger partial charge on any atom is -0.342 e. The molecule has 1 N–H and O–H groups in total. The Kier molecular flexibility index (Phi) is 5.57. The number of likely N-dealkylation sites (tertiary alicyclic amines) is 1. The van der Waals surface area contributed by atoms with E-state index in [1.54, 1.807) is 0 Å². The summed E-state index contributed by atoms with van der Waals surface area (Å²) in [4.78, 5) is 13.9. The Morgan fingerprint density at radius 3 is 2.90 bits per heavy atom. The molecule has 1 aromatic rings. The van der Waals surface area contributed by atoms with Crippen LogP contribution in [-0.4, -0.2) is 36.5 Å². The summed E-state index contributed by atoms with van der Waals surface area (Å²) in [6.45, 7) is 1.44. The van der Waals surface area contributed by atoms with Crippen LogP contribution in [-0.2, 0) is 11.2 Å². The second-order valence-corrected chi connectivity index (χ2v) is 5.95. The van der Waals surface area contributed by atoms with E-state index < -0.39 is 0 Å². The van der Waals surface area contributed by atoms with Crippen molar-refractivity contribution < 1.29 is 4.79 Å². The van der Waals surface area contributed by atoms with Crippen LogP contribution in [0.3, 0.4) is 0 Å². The molecule has 1 saturated heterocycles. The van der Waals surface area contributed by atoms with E-state index in [9.17, 15) is 4.79 Å². The van der Waals surface area contributed by atoms with Crippen molar-refractivity contribution in [1.82, 2.24) is 10.2 Å². The highest BCUT2D eigenvalue weighted by Crippen LogP contribution is 2.21. The quantitative estimate of drug-likeness (QED) is 0.838. The van der Waals surface area contributed by atoms with Crippen molar-refractivity contribution in [3.8, 4) is 6.07 Å². The average molecular weight is 336 g/mol. The van der Waals surface area contributed by atoms with E-state index in [1.165, 1.54) is 5.56 Å². The molecule has 1 fully saturated rings. The number of nitrogens with zero attached hydrogens (tertiary/aromatic N) is 2. The molecule has 1 aliphatic rings. The van der Waals surface area contributed by atoms with Gasteiger partial charge in [0, 0.05) is 10.5 Å². The van der Waals surface area contributed by atoms with Crippen LogP contribution in [0.25, 0.3) is 0 Å². The maximum Gasteiger partial charge on any atom is 0.235 e. The fraction of sp³-hybridized carbons (Fsp3) is 0.467. The van der Waals surface area contributed by atoms with Gasteiger partial charge in [0.05, 0.1) is 12.6 Å². The summed E-state index contributed by atoms with van der Waals surface area (Å²) >= 11 is 3.44. The van der Waals surface area contributed by atoms with Crippen molar-refractivity contribution in [2.75, 3.05) is 19.6 Å². The second kappa shape index (κ2) is 7.41. The van der Waals surface area contributed by atoms with Gasteiger partial charge >= 0.3 is 0 Å². The molecule has 1 heterocycles. The van der Waals surface area contributed by atoms with Gasteiger partial charge in [-0.05, 0) is 43.5 Å². The standard InChI is InChI=1S/C15H18BrN3O/c16-13-5-3-12(4-6-13)10-14-2-1-9-19(14)11-15(20)18-8-7-17/h3-6,14H,1-2,8-11H2,(H,18,20)/t14-/m1/s1. The van der Waals surface area contributed by atoms with Crippen molar-refractivity contribution in [1.29, 1.82) is 5.26 Å². The lowest BCUT2D eigenvalue weighted by Gasteiger charge is -2.23. The van der Waals surface area contributed by atoms with E-state index in [-0.39, 0.29) is 12.5 Å². The van der Waals surface area contributed by atoms with Crippen molar-refractivity contribution in [3.05, 3.63) is 34.3 Å². The summed E-state index contributed by atoms with van der Waals surface area (Å²) in [6, 6.07) is 10.7. The lowest BCUT2D eigenvalue weighted by molar-refractivity contribution is -0.122. The summed E-state index contributed by atoms with van der Waals surface area (Å²) in [5.74, 6) is -0.0609. The van der Waals surface area contributed by atoms with Gasteiger partial charge in [-0.1, -0.05) is 28.1 Å². The van der Waals surface area contributed by atoms with E-state index in [0.717, 1.165) is 30.3 Å². The Bertz CT molecular complexity index is 495. The molecule has 0 aromatic heterocycles. The van der Waals surface area contributed by atoms with Gasteiger partial charge in [0.1, 0.15) is 6.54 Å². The maximum absolute atomic E-state index is 11.7. The van der Waals surface area contributed by atoms with Crippen LogP contribution in [0.5, 0.6) is 0 Å². The molecule has 1 atom stereocenters. The molecule has 1 aliphatic heterocycles. The Hall–Kier alpha value is -1.38. The first-order valence-electron chi connectivity index (χ1n) is 6.81. The summed E-state index contributed by atoms with van der Waals surface area (Å²) in [6.07, 6.45) is 3.23. The Balaban J connectivity index is 1.89. The Morgan fingerprint density at radius 2 is 2.20 bits per heavy atom. The largest absolute Gasteiger partial charge is 0.342 e. The molecule has 0 saturated carbocycles. The van der Waals surface area contributed by atoms with Crippen molar-refractivity contribution >= 4 is 21.8 Å². The molecule has 20 heavy (non-hydrogen) atoms. The molecular weight excluding hydrogens is 318 g/mol. The number of hydrogen-bond donors (Lipinski definition) is 1. The number of carbonyl (C=O) groups excluding carboxylic acids is 1. The van der Waals surface area contributed by atoms with Crippen LogP contribution in [0, 0.1) is 11.3 Å². The minimum absolute atomic E-state index is 0.0609. The lowest BCUT2D eigenvalue weighted by Crippen LogP contribution is -2.40. The molecule has 0 aliphatic carbocycles. The van der Waals surface area contributed by atoms with Crippen LogP contribution >= 0.6 is 15.9 Å². The van der Waals surface area contributed by atoms with E-state index in [1.807, 2.05) is 18.2 Å². The number of nitrogens with one attached hydrogen (secondary N) is 1. The first-order chi connectivity index (χ1) is 9.69. The smallest absolute Gasteiger partial charge is 0.235 e. The van der Waals surface area contributed by atoms with Crippen molar-refractivity contribution in [2.45, 2.75) is 25.3 Å². The fourth-order valence-corrected chi connectivity index (χ4v) is 2.87. The molecule has 1 aromatic carbocycles. The number of halogens is 1. The molecular formula is C15H18BrN3O. The number of nitriles is 1. The van der Waals surface area contributed by atoms with E-state index in [2.05, 4.69) is 38.3 Å². The second-order valence-electron chi connectivity index (χ2n) is 5.03. The van der Waals surface area contributed by atoms with E-state index >= 15 is 0 Å². The highest BCUT2D eigenvalue weighted by Gasteiger charge is 2.26. The number of rotatable bonds is 5. The average Bonchev–Trinajstić information content (AvgIpc) is 2.86. The Labute approximate surface area is 127 Å². The van der Waals surface area contributed by atoms with Gasteiger partial charge in [-0.15, -0.1) is 0 Å². The van der Waals surface area contributed by atoms with Gasteiger partial charge in [0.2, 0.25) is 5.91 Å². The molecule has 0 unspecified atom stereocenters. The van der Waals surface area contributed by atoms with Crippen LogP contribution in [0.15, 0.2) is 28.7 Å². The van der Waals surface area contributed by atoms with E-state index in [4.69, 9.17) is 5.26 Å². The number of benzene rings is 1. The highest BCUT2D eigenvalue weighted by molar-refractivity contribution is 9.10. The molecule has 1 amide bonds. The van der Waals surface area contributed by atoms with Crippen LogP contribution < -0.4 is 5.32 Å². The molecule has 106 valence electrons. The van der Waals surface area contributed by atoms with Crippen molar-refractivity contribution in [3.63, 3.8) is 0 Å². The first-order valence-corrected chi connectivity index (χ1v) is 7.60. The van der Waals surface area contributed by atoms with Gasteiger partial charge < -0.3 is 5.32 Å². The Morgan fingerprint density at radius 1 is 1.45 bits per heavy atom. The predicted octanol–water partition coefficient (Wildman–Crippen LogP) is 2.10. The third-order valence-electron chi connectivity index (χ3n) is 3.59. The molecule has 0 radical (unpaired) electrons. The molecule has 2 rings (SSSR count). The third-order valence-corrected chi connectivity index (χ3v) is 4.12. The van der Waals surface area contributed by atoms with Gasteiger partial charge in [-0.25, -0.2) is 0 Å². The monoisotopic (exact) mass is 335 g/mol. The predicted molar refractivity (Wildman–Crippen MR) is 81.1 cm³/mol. The summed E-state index contributed by atoms with van der Waals surface area (Å²) < 4.78 is 1.08. The van der Waals surface area contributed by atoms with Gasteiger partial charge in [-0.3, -0.25) is 9.69 Å².